The molecule has 0 radical (unpaired) electrons. The van der Waals surface area contributed by atoms with E-state index < -0.39 is 0 Å². The molecule has 4 rings (SSSR count). The molecule has 1 amide bonds. The molecule has 1 saturated heterocycles. The molecule has 6 nitrogen and oxygen atoms in total. The highest BCUT2D eigenvalue weighted by Gasteiger charge is 2.25. The Bertz CT molecular complexity index is 873. The predicted octanol–water partition coefficient (Wildman–Crippen LogP) is 2.32. The van der Waals surface area contributed by atoms with Gasteiger partial charge >= 0.3 is 0 Å². The Hall–Kier alpha value is -2.96. The first-order valence-electron chi connectivity index (χ1n) is 7.71. The number of halogens is 1. The van der Waals surface area contributed by atoms with Gasteiger partial charge in [0, 0.05) is 31.6 Å². The van der Waals surface area contributed by atoms with Crippen molar-refractivity contribution in [2.45, 2.75) is 0 Å². The zero-order valence-corrected chi connectivity index (χ0v) is 12.9. The molecule has 3 aromatic rings. The van der Waals surface area contributed by atoms with Crippen LogP contribution >= 0.6 is 0 Å². The Balaban J connectivity index is 1.54. The molecule has 1 aliphatic rings. The second kappa shape index (κ2) is 5.92. The first-order valence-corrected chi connectivity index (χ1v) is 7.71. The molecule has 3 heterocycles. The molecule has 24 heavy (non-hydrogen) atoms. The summed E-state index contributed by atoms with van der Waals surface area (Å²) in [5.74, 6) is 0.573. The summed E-state index contributed by atoms with van der Waals surface area (Å²) in [6.45, 7) is 2.35. The number of furan rings is 1. The van der Waals surface area contributed by atoms with Crippen LogP contribution in [-0.4, -0.2) is 47.0 Å². The number of nitrogens with zero attached hydrogens (tertiary/aromatic N) is 4. The summed E-state index contributed by atoms with van der Waals surface area (Å²) in [5, 5.41) is 0.684. The SMILES string of the molecule is O=C(c1ccco1)N1CCN(c2ncnc3c(F)cccc23)CC1. The van der Waals surface area contributed by atoms with Gasteiger partial charge < -0.3 is 14.2 Å². The summed E-state index contributed by atoms with van der Waals surface area (Å²) in [4.78, 5) is 24.4. The van der Waals surface area contributed by atoms with Crippen LogP contribution in [-0.2, 0) is 0 Å². The Labute approximate surface area is 137 Å². The number of fused-ring (bicyclic) bond motifs is 1. The molecule has 2 aromatic heterocycles. The smallest absolute Gasteiger partial charge is 0.289 e. The van der Waals surface area contributed by atoms with Crippen molar-refractivity contribution in [3.63, 3.8) is 0 Å². The van der Waals surface area contributed by atoms with Crippen LogP contribution in [0.25, 0.3) is 10.9 Å². The van der Waals surface area contributed by atoms with E-state index in [-0.39, 0.29) is 11.7 Å². The van der Waals surface area contributed by atoms with Crippen molar-refractivity contribution >= 4 is 22.6 Å². The lowest BCUT2D eigenvalue weighted by Crippen LogP contribution is -2.49. The summed E-state index contributed by atoms with van der Waals surface area (Å²) in [5.41, 5.74) is 0.316. The number of hydrogen-bond donors (Lipinski definition) is 0. The van der Waals surface area contributed by atoms with Crippen LogP contribution in [0.1, 0.15) is 10.6 Å². The molecule has 0 bridgehead atoms. The van der Waals surface area contributed by atoms with Crippen LogP contribution in [0, 0.1) is 5.82 Å². The normalized spacial score (nSPS) is 15.0. The van der Waals surface area contributed by atoms with Crippen molar-refractivity contribution in [3.05, 3.63) is 54.5 Å². The average Bonchev–Trinajstić information content (AvgIpc) is 3.16. The Morgan fingerprint density at radius 2 is 1.92 bits per heavy atom. The van der Waals surface area contributed by atoms with Gasteiger partial charge in [-0.05, 0) is 24.3 Å². The molecular weight excluding hydrogens is 311 g/mol. The molecule has 122 valence electrons. The van der Waals surface area contributed by atoms with Crippen LogP contribution in [0.15, 0.2) is 47.3 Å². The van der Waals surface area contributed by atoms with Crippen molar-refractivity contribution in [1.82, 2.24) is 14.9 Å². The van der Waals surface area contributed by atoms with E-state index >= 15 is 0 Å². The van der Waals surface area contributed by atoms with E-state index in [2.05, 4.69) is 14.9 Å². The number of anilines is 1. The number of carbonyl (C=O) groups excluding carboxylic acids is 1. The molecule has 0 atom stereocenters. The van der Waals surface area contributed by atoms with Gasteiger partial charge in [0.25, 0.3) is 5.91 Å². The van der Waals surface area contributed by atoms with Gasteiger partial charge in [0.15, 0.2) is 5.76 Å². The third-order valence-electron chi connectivity index (χ3n) is 4.19. The molecule has 0 aliphatic carbocycles. The van der Waals surface area contributed by atoms with E-state index in [1.807, 2.05) is 6.07 Å². The van der Waals surface area contributed by atoms with Gasteiger partial charge in [-0.1, -0.05) is 6.07 Å². The van der Waals surface area contributed by atoms with E-state index in [0.29, 0.717) is 48.7 Å². The van der Waals surface area contributed by atoms with E-state index in [9.17, 15) is 9.18 Å². The number of benzene rings is 1. The lowest BCUT2D eigenvalue weighted by Gasteiger charge is -2.35. The van der Waals surface area contributed by atoms with E-state index in [4.69, 9.17) is 4.42 Å². The van der Waals surface area contributed by atoms with Crippen LogP contribution in [0.5, 0.6) is 0 Å². The molecule has 0 unspecified atom stereocenters. The Morgan fingerprint density at radius 1 is 1.08 bits per heavy atom. The molecule has 0 spiro atoms. The third-order valence-corrected chi connectivity index (χ3v) is 4.19. The van der Waals surface area contributed by atoms with E-state index in [1.165, 1.54) is 18.7 Å². The molecule has 1 aromatic carbocycles. The predicted molar refractivity (Wildman–Crippen MR) is 86.3 cm³/mol. The van der Waals surface area contributed by atoms with Crippen LogP contribution in [0.3, 0.4) is 0 Å². The summed E-state index contributed by atoms with van der Waals surface area (Å²) >= 11 is 0. The lowest BCUT2D eigenvalue weighted by atomic mass is 10.2. The van der Waals surface area contributed by atoms with Crippen molar-refractivity contribution < 1.29 is 13.6 Å². The maximum Gasteiger partial charge on any atom is 0.289 e. The second-order valence-corrected chi connectivity index (χ2v) is 5.59. The number of rotatable bonds is 2. The highest BCUT2D eigenvalue weighted by molar-refractivity contribution is 5.92. The number of hydrogen-bond acceptors (Lipinski definition) is 5. The second-order valence-electron chi connectivity index (χ2n) is 5.59. The van der Waals surface area contributed by atoms with Gasteiger partial charge in [-0.3, -0.25) is 4.79 Å². The number of amides is 1. The van der Waals surface area contributed by atoms with Crippen molar-refractivity contribution in [1.29, 1.82) is 0 Å². The van der Waals surface area contributed by atoms with Gasteiger partial charge in [0.2, 0.25) is 0 Å². The minimum absolute atomic E-state index is 0.113. The number of aromatic nitrogens is 2. The van der Waals surface area contributed by atoms with Gasteiger partial charge in [-0.2, -0.15) is 0 Å². The first kappa shape index (κ1) is 14.6. The summed E-state index contributed by atoms with van der Waals surface area (Å²) in [6.07, 6.45) is 2.87. The zero-order chi connectivity index (χ0) is 16.5. The van der Waals surface area contributed by atoms with Crippen LogP contribution < -0.4 is 4.90 Å². The number of carbonyl (C=O) groups is 1. The summed E-state index contributed by atoms with van der Waals surface area (Å²) in [6, 6.07) is 8.22. The summed E-state index contributed by atoms with van der Waals surface area (Å²) in [7, 11) is 0. The standard InChI is InChI=1S/C17H15FN4O2/c18-13-4-1-3-12-15(13)19-11-20-16(12)21-6-8-22(9-7-21)17(23)14-5-2-10-24-14/h1-5,10-11H,6-9H2. The fourth-order valence-electron chi connectivity index (χ4n) is 2.97. The zero-order valence-electron chi connectivity index (χ0n) is 12.9. The van der Waals surface area contributed by atoms with Crippen molar-refractivity contribution in [2.75, 3.05) is 31.1 Å². The Morgan fingerprint density at radius 3 is 2.67 bits per heavy atom. The summed E-state index contributed by atoms with van der Waals surface area (Å²) < 4.78 is 19.1. The lowest BCUT2D eigenvalue weighted by molar-refractivity contribution is 0.0714. The highest BCUT2D eigenvalue weighted by atomic mass is 19.1. The fraction of sp³-hybridized carbons (Fsp3) is 0.235. The maximum absolute atomic E-state index is 13.9. The van der Waals surface area contributed by atoms with Crippen LogP contribution in [0.2, 0.25) is 0 Å². The van der Waals surface area contributed by atoms with Gasteiger partial charge in [0.1, 0.15) is 23.5 Å². The number of piperazine rings is 1. The minimum atomic E-state index is -0.359. The molecule has 0 saturated carbocycles. The van der Waals surface area contributed by atoms with E-state index in [1.54, 1.807) is 23.1 Å². The number of para-hydroxylation sites is 1. The fourth-order valence-corrected chi connectivity index (χ4v) is 2.97. The largest absolute Gasteiger partial charge is 0.459 e. The molecule has 1 aliphatic heterocycles. The highest BCUT2D eigenvalue weighted by Crippen LogP contribution is 2.25. The molecule has 0 N–H and O–H groups in total. The topological polar surface area (TPSA) is 62.5 Å². The van der Waals surface area contributed by atoms with Gasteiger partial charge in [-0.25, -0.2) is 14.4 Å². The quantitative estimate of drug-likeness (QED) is 0.723. The maximum atomic E-state index is 13.9. The van der Waals surface area contributed by atoms with Crippen LogP contribution in [0.4, 0.5) is 10.2 Å². The Kier molecular flexibility index (Phi) is 3.60. The molecule has 1 fully saturated rings. The van der Waals surface area contributed by atoms with Gasteiger partial charge in [0.05, 0.1) is 6.26 Å². The van der Waals surface area contributed by atoms with E-state index in [0.717, 1.165) is 0 Å². The molecule has 7 heteroatoms. The average molecular weight is 326 g/mol. The van der Waals surface area contributed by atoms with Crippen molar-refractivity contribution in [2.24, 2.45) is 0 Å². The van der Waals surface area contributed by atoms with Crippen molar-refractivity contribution in [3.8, 4) is 0 Å². The first-order chi connectivity index (χ1) is 11.7. The van der Waals surface area contributed by atoms with Gasteiger partial charge in [-0.15, -0.1) is 0 Å². The minimum Gasteiger partial charge on any atom is -0.459 e. The third kappa shape index (κ3) is 2.47. The monoisotopic (exact) mass is 326 g/mol. The molecular formula is C17H15FN4O2.